The lowest BCUT2D eigenvalue weighted by Crippen LogP contribution is -2.63. The first-order valence-electron chi connectivity index (χ1n) is 7.11. The summed E-state index contributed by atoms with van der Waals surface area (Å²) in [6.07, 6.45) is 3.81. The van der Waals surface area contributed by atoms with Gasteiger partial charge in [0, 0.05) is 19.1 Å². The van der Waals surface area contributed by atoms with Crippen LogP contribution in [-0.4, -0.2) is 64.5 Å². The summed E-state index contributed by atoms with van der Waals surface area (Å²) in [5.74, 6) is -1.38. The van der Waals surface area contributed by atoms with Crippen molar-refractivity contribution in [2.24, 2.45) is 0 Å². The van der Waals surface area contributed by atoms with Crippen LogP contribution in [0.1, 0.15) is 32.6 Å². The van der Waals surface area contributed by atoms with E-state index in [2.05, 4.69) is 5.32 Å². The van der Waals surface area contributed by atoms with Gasteiger partial charge in [-0.05, 0) is 25.7 Å². The largest absolute Gasteiger partial charge is 0.480 e. The number of urea groups is 1. The summed E-state index contributed by atoms with van der Waals surface area (Å²) in [5.41, 5.74) is 0. The van der Waals surface area contributed by atoms with Gasteiger partial charge in [-0.2, -0.15) is 0 Å². The number of carbonyl (C=O) groups excluding carboxylic acids is 2. The number of carboxylic acids is 1. The Balaban J connectivity index is 2.15. The molecule has 0 aromatic carbocycles. The van der Waals surface area contributed by atoms with E-state index in [0.29, 0.717) is 6.54 Å². The van der Waals surface area contributed by atoms with E-state index < -0.39 is 12.0 Å². The highest BCUT2D eigenvalue weighted by Crippen LogP contribution is 2.22. The number of piperidine rings is 1. The molecule has 2 atom stereocenters. The average molecular weight is 283 g/mol. The SMILES string of the molecule is CCC1CCCCN1C(=O)N1CC(=O)NCC1C(=O)O. The number of hydrogen-bond acceptors (Lipinski definition) is 3. The molecule has 0 bridgehead atoms. The van der Waals surface area contributed by atoms with Crippen molar-refractivity contribution in [2.75, 3.05) is 19.6 Å². The molecular weight excluding hydrogens is 262 g/mol. The van der Waals surface area contributed by atoms with Gasteiger partial charge < -0.3 is 15.3 Å². The Hall–Kier alpha value is -1.79. The minimum absolute atomic E-state index is 0.0233. The second-order valence-corrected chi connectivity index (χ2v) is 5.32. The van der Waals surface area contributed by atoms with Crippen LogP contribution in [0, 0.1) is 0 Å². The number of rotatable bonds is 2. The van der Waals surface area contributed by atoms with Crippen molar-refractivity contribution in [1.82, 2.24) is 15.1 Å². The van der Waals surface area contributed by atoms with Gasteiger partial charge in [0.2, 0.25) is 5.91 Å². The molecule has 2 fully saturated rings. The normalized spacial score (nSPS) is 27.1. The van der Waals surface area contributed by atoms with Crippen LogP contribution in [0.4, 0.5) is 4.79 Å². The minimum atomic E-state index is -1.08. The number of piperazine rings is 1. The van der Waals surface area contributed by atoms with Gasteiger partial charge >= 0.3 is 12.0 Å². The van der Waals surface area contributed by atoms with Gasteiger partial charge in [0.1, 0.15) is 12.6 Å². The topological polar surface area (TPSA) is 90.0 Å². The first kappa shape index (κ1) is 14.6. The highest BCUT2D eigenvalue weighted by molar-refractivity contribution is 5.90. The van der Waals surface area contributed by atoms with Gasteiger partial charge in [0.15, 0.2) is 0 Å². The van der Waals surface area contributed by atoms with Crippen LogP contribution in [0.3, 0.4) is 0 Å². The number of nitrogens with zero attached hydrogens (tertiary/aromatic N) is 2. The van der Waals surface area contributed by atoms with Crippen molar-refractivity contribution >= 4 is 17.9 Å². The molecule has 0 radical (unpaired) electrons. The van der Waals surface area contributed by atoms with E-state index in [1.54, 1.807) is 4.90 Å². The molecule has 0 aromatic heterocycles. The van der Waals surface area contributed by atoms with Crippen LogP contribution in [0.25, 0.3) is 0 Å². The zero-order valence-electron chi connectivity index (χ0n) is 11.7. The van der Waals surface area contributed by atoms with Crippen molar-refractivity contribution < 1.29 is 19.5 Å². The van der Waals surface area contributed by atoms with E-state index in [0.717, 1.165) is 25.7 Å². The lowest BCUT2D eigenvalue weighted by atomic mass is 10.0. The quantitative estimate of drug-likeness (QED) is 0.760. The van der Waals surface area contributed by atoms with E-state index in [-0.39, 0.29) is 31.1 Å². The number of aliphatic carboxylic acids is 1. The summed E-state index contributed by atoms with van der Waals surface area (Å²) in [4.78, 5) is 38.2. The summed E-state index contributed by atoms with van der Waals surface area (Å²) in [7, 11) is 0. The van der Waals surface area contributed by atoms with Crippen molar-refractivity contribution in [2.45, 2.75) is 44.7 Å². The third-order valence-corrected chi connectivity index (χ3v) is 4.06. The summed E-state index contributed by atoms with van der Waals surface area (Å²) < 4.78 is 0. The van der Waals surface area contributed by atoms with Crippen LogP contribution < -0.4 is 5.32 Å². The van der Waals surface area contributed by atoms with Gasteiger partial charge in [-0.3, -0.25) is 9.69 Å². The fraction of sp³-hybridized carbons (Fsp3) is 0.769. The monoisotopic (exact) mass is 283 g/mol. The zero-order chi connectivity index (χ0) is 14.7. The number of hydrogen-bond donors (Lipinski definition) is 2. The third-order valence-electron chi connectivity index (χ3n) is 4.06. The molecule has 3 amide bonds. The number of carbonyl (C=O) groups is 3. The summed E-state index contributed by atoms with van der Waals surface area (Å²) in [6.45, 7) is 2.46. The van der Waals surface area contributed by atoms with Crippen LogP contribution in [0.2, 0.25) is 0 Å². The van der Waals surface area contributed by atoms with Crippen molar-refractivity contribution in [3.63, 3.8) is 0 Å². The minimum Gasteiger partial charge on any atom is -0.480 e. The third kappa shape index (κ3) is 2.86. The smallest absolute Gasteiger partial charge is 0.328 e. The number of nitrogens with one attached hydrogen (secondary N) is 1. The Labute approximate surface area is 117 Å². The molecule has 112 valence electrons. The second-order valence-electron chi connectivity index (χ2n) is 5.32. The average Bonchev–Trinajstić information content (AvgIpc) is 2.46. The maximum atomic E-state index is 12.6. The Morgan fingerprint density at radius 1 is 1.35 bits per heavy atom. The molecule has 0 aromatic rings. The molecule has 2 aliphatic heterocycles. The molecule has 7 nitrogen and oxygen atoms in total. The van der Waals surface area contributed by atoms with Crippen LogP contribution >= 0.6 is 0 Å². The summed E-state index contributed by atoms with van der Waals surface area (Å²) in [6, 6.07) is -1.14. The standard InChI is InChI=1S/C13H21N3O4/c1-2-9-5-3-4-6-15(9)13(20)16-8-11(17)14-7-10(16)12(18)19/h9-10H,2-8H2,1H3,(H,14,17)(H,18,19). The maximum absolute atomic E-state index is 12.6. The van der Waals surface area contributed by atoms with E-state index in [1.165, 1.54) is 4.90 Å². The maximum Gasteiger partial charge on any atom is 0.328 e. The fourth-order valence-corrected chi connectivity index (χ4v) is 2.90. The van der Waals surface area contributed by atoms with E-state index >= 15 is 0 Å². The molecule has 20 heavy (non-hydrogen) atoms. The van der Waals surface area contributed by atoms with Gasteiger partial charge in [-0.1, -0.05) is 6.92 Å². The highest BCUT2D eigenvalue weighted by Gasteiger charge is 2.39. The van der Waals surface area contributed by atoms with E-state index in [4.69, 9.17) is 0 Å². The molecule has 2 heterocycles. The fourth-order valence-electron chi connectivity index (χ4n) is 2.90. The van der Waals surface area contributed by atoms with Crippen LogP contribution in [0.5, 0.6) is 0 Å². The summed E-state index contributed by atoms with van der Waals surface area (Å²) in [5, 5.41) is 11.7. The molecule has 2 unspecified atom stereocenters. The molecule has 2 N–H and O–H groups in total. The predicted molar refractivity (Wildman–Crippen MR) is 71.2 cm³/mol. The first-order chi connectivity index (χ1) is 9.54. The number of amides is 3. The number of carboxylic acid groups (broad SMARTS) is 1. The molecule has 2 saturated heterocycles. The molecule has 2 rings (SSSR count). The lowest BCUT2D eigenvalue weighted by molar-refractivity contribution is -0.144. The van der Waals surface area contributed by atoms with Crippen molar-refractivity contribution in [3.05, 3.63) is 0 Å². The highest BCUT2D eigenvalue weighted by atomic mass is 16.4. The number of likely N-dealkylation sites (tertiary alicyclic amines) is 1. The van der Waals surface area contributed by atoms with Gasteiger partial charge in [0.05, 0.1) is 0 Å². The molecule has 0 spiro atoms. The van der Waals surface area contributed by atoms with E-state index in [9.17, 15) is 19.5 Å². The van der Waals surface area contributed by atoms with Crippen LogP contribution in [-0.2, 0) is 9.59 Å². The van der Waals surface area contributed by atoms with E-state index in [1.807, 2.05) is 6.92 Å². The molecule has 2 aliphatic rings. The lowest BCUT2D eigenvalue weighted by Gasteiger charge is -2.41. The molecule has 0 aliphatic carbocycles. The van der Waals surface area contributed by atoms with Gasteiger partial charge in [-0.15, -0.1) is 0 Å². The summed E-state index contributed by atoms with van der Waals surface area (Å²) >= 11 is 0. The Bertz CT molecular complexity index is 412. The zero-order valence-corrected chi connectivity index (χ0v) is 11.7. The molecular formula is C13H21N3O4. The first-order valence-corrected chi connectivity index (χ1v) is 7.11. The van der Waals surface area contributed by atoms with Crippen molar-refractivity contribution in [1.29, 1.82) is 0 Å². The predicted octanol–water partition coefficient (Wildman–Crippen LogP) is 0.256. The molecule has 7 heteroatoms. The van der Waals surface area contributed by atoms with Crippen LogP contribution in [0.15, 0.2) is 0 Å². The second kappa shape index (κ2) is 6.11. The van der Waals surface area contributed by atoms with Gasteiger partial charge in [0.25, 0.3) is 0 Å². The Kier molecular flexibility index (Phi) is 4.46. The molecule has 0 saturated carbocycles. The Morgan fingerprint density at radius 2 is 2.10 bits per heavy atom. The Morgan fingerprint density at radius 3 is 2.75 bits per heavy atom. The van der Waals surface area contributed by atoms with Gasteiger partial charge in [-0.25, -0.2) is 9.59 Å². The van der Waals surface area contributed by atoms with Crippen molar-refractivity contribution in [3.8, 4) is 0 Å².